The Morgan fingerprint density at radius 2 is 2.17 bits per heavy atom. The van der Waals surface area contributed by atoms with E-state index < -0.39 is 5.97 Å². The zero-order valence-corrected chi connectivity index (χ0v) is 11.5. The molecular weight excluding hydrogens is 228 g/mol. The fourth-order valence-electron chi connectivity index (χ4n) is 1.95. The molecule has 0 aromatic heterocycles. The molecule has 18 heavy (non-hydrogen) atoms. The van der Waals surface area contributed by atoms with Crippen LogP contribution in [0.5, 0.6) is 0 Å². The Balaban J connectivity index is 3.01. The van der Waals surface area contributed by atoms with Crippen molar-refractivity contribution >= 4 is 17.3 Å². The quantitative estimate of drug-likeness (QED) is 0.623. The molecule has 1 unspecified atom stereocenters. The van der Waals surface area contributed by atoms with Crippen molar-refractivity contribution in [2.45, 2.75) is 39.7 Å². The molecule has 0 amide bonds. The smallest absolute Gasteiger partial charge is 0.340 e. The van der Waals surface area contributed by atoms with Crippen molar-refractivity contribution in [1.82, 2.24) is 0 Å². The molecule has 0 saturated heterocycles. The number of carbonyl (C=O) groups excluding carboxylic acids is 1. The van der Waals surface area contributed by atoms with Crippen LogP contribution in [0.4, 0.5) is 11.4 Å². The van der Waals surface area contributed by atoms with Crippen molar-refractivity contribution in [3.8, 4) is 0 Å². The second-order valence-electron chi connectivity index (χ2n) is 4.58. The Morgan fingerprint density at radius 1 is 1.50 bits per heavy atom. The number of anilines is 2. The summed E-state index contributed by atoms with van der Waals surface area (Å²) < 4.78 is 4.73. The topological polar surface area (TPSA) is 64.3 Å². The molecule has 4 nitrogen and oxygen atoms in total. The average molecular weight is 250 g/mol. The Labute approximate surface area is 109 Å². The number of aryl methyl sites for hydroxylation is 1. The first-order valence-electron chi connectivity index (χ1n) is 6.24. The van der Waals surface area contributed by atoms with E-state index in [1.807, 2.05) is 13.0 Å². The number of nitrogens with one attached hydrogen (secondary N) is 1. The minimum absolute atomic E-state index is 0.364. The first-order valence-corrected chi connectivity index (χ1v) is 6.24. The second-order valence-corrected chi connectivity index (χ2v) is 4.58. The number of nitrogen functional groups attached to an aromatic ring is 1. The molecule has 0 saturated carbocycles. The number of esters is 1. The lowest BCUT2D eigenvalue weighted by Crippen LogP contribution is -2.16. The first kappa shape index (κ1) is 14.4. The molecule has 100 valence electrons. The normalized spacial score (nSPS) is 12.0. The molecule has 0 radical (unpaired) electrons. The molecule has 1 aromatic rings. The van der Waals surface area contributed by atoms with Crippen molar-refractivity contribution in [3.05, 3.63) is 23.3 Å². The highest BCUT2D eigenvalue weighted by molar-refractivity contribution is 5.97. The third-order valence-electron chi connectivity index (χ3n) is 2.93. The van der Waals surface area contributed by atoms with E-state index >= 15 is 0 Å². The average Bonchev–Trinajstić information content (AvgIpc) is 2.32. The van der Waals surface area contributed by atoms with Gasteiger partial charge in [-0.3, -0.25) is 0 Å². The highest BCUT2D eigenvalue weighted by Gasteiger charge is 2.14. The number of benzene rings is 1. The maximum atomic E-state index is 11.6. The van der Waals surface area contributed by atoms with Crippen LogP contribution in [0.1, 0.15) is 42.6 Å². The Morgan fingerprint density at radius 3 is 2.72 bits per heavy atom. The van der Waals surface area contributed by atoms with Crippen LogP contribution in [-0.2, 0) is 4.74 Å². The predicted octanol–water partition coefficient (Wildman–Crippen LogP) is 2.96. The molecule has 1 aromatic carbocycles. The molecule has 0 spiro atoms. The van der Waals surface area contributed by atoms with Gasteiger partial charge in [0.05, 0.1) is 12.7 Å². The Hall–Kier alpha value is -1.71. The van der Waals surface area contributed by atoms with E-state index in [1.165, 1.54) is 7.11 Å². The molecule has 0 fully saturated rings. The van der Waals surface area contributed by atoms with Gasteiger partial charge < -0.3 is 15.8 Å². The first-order chi connectivity index (χ1) is 8.49. The van der Waals surface area contributed by atoms with Crippen molar-refractivity contribution in [2.24, 2.45) is 0 Å². The summed E-state index contributed by atoms with van der Waals surface area (Å²) in [4.78, 5) is 11.6. The van der Waals surface area contributed by atoms with E-state index in [-0.39, 0.29) is 0 Å². The maximum absolute atomic E-state index is 11.6. The predicted molar refractivity (Wildman–Crippen MR) is 74.9 cm³/mol. The summed E-state index contributed by atoms with van der Waals surface area (Å²) >= 11 is 0. The third kappa shape index (κ3) is 3.39. The summed E-state index contributed by atoms with van der Waals surface area (Å²) in [6.07, 6.45) is 2.20. The number of rotatable bonds is 5. The molecular formula is C14H22N2O2. The van der Waals surface area contributed by atoms with Gasteiger partial charge in [-0.1, -0.05) is 13.3 Å². The summed E-state index contributed by atoms with van der Waals surface area (Å²) in [6, 6.07) is 4.07. The van der Waals surface area contributed by atoms with E-state index in [0.29, 0.717) is 17.3 Å². The van der Waals surface area contributed by atoms with Gasteiger partial charge in [-0.15, -0.1) is 0 Å². The van der Waals surface area contributed by atoms with Gasteiger partial charge in [0.1, 0.15) is 0 Å². The van der Waals surface area contributed by atoms with E-state index in [0.717, 1.165) is 24.1 Å². The summed E-state index contributed by atoms with van der Waals surface area (Å²) in [5.41, 5.74) is 8.58. The van der Waals surface area contributed by atoms with Crippen LogP contribution in [0.25, 0.3) is 0 Å². The maximum Gasteiger partial charge on any atom is 0.340 e. The van der Waals surface area contributed by atoms with Crippen LogP contribution in [0.15, 0.2) is 12.1 Å². The fraction of sp³-hybridized carbons (Fsp3) is 0.500. The monoisotopic (exact) mass is 250 g/mol. The van der Waals surface area contributed by atoms with Crippen molar-refractivity contribution < 1.29 is 9.53 Å². The molecule has 0 aliphatic carbocycles. The Kier molecular flexibility index (Phi) is 5.01. The molecule has 0 heterocycles. The zero-order valence-electron chi connectivity index (χ0n) is 11.5. The van der Waals surface area contributed by atoms with Gasteiger partial charge in [0.2, 0.25) is 0 Å². The van der Waals surface area contributed by atoms with E-state index in [1.54, 1.807) is 6.07 Å². The second kappa shape index (κ2) is 6.28. The number of hydrogen-bond acceptors (Lipinski definition) is 4. The molecule has 0 aliphatic rings. The van der Waals surface area contributed by atoms with Crippen molar-refractivity contribution in [1.29, 1.82) is 0 Å². The summed E-state index contributed by atoms with van der Waals surface area (Å²) in [7, 11) is 1.36. The van der Waals surface area contributed by atoms with Crippen LogP contribution < -0.4 is 11.1 Å². The number of methoxy groups -OCH3 is 1. The summed E-state index contributed by atoms with van der Waals surface area (Å²) in [6.45, 7) is 6.15. The minimum Gasteiger partial charge on any atom is -0.465 e. The lowest BCUT2D eigenvalue weighted by molar-refractivity contribution is 0.0602. The third-order valence-corrected chi connectivity index (χ3v) is 2.93. The summed E-state index contributed by atoms with van der Waals surface area (Å²) in [5.74, 6) is -0.401. The fourth-order valence-corrected chi connectivity index (χ4v) is 1.95. The van der Waals surface area contributed by atoms with Gasteiger partial charge in [0.15, 0.2) is 0 Å². The Bertz CT molecular complexity index is 430. The molecule has 0 aliphatic heterocycles. The number of ether oxygens (including phenoxy) is 1. The highest BCUT2D eigenvalue weighted by atomic mass is 16.5. The zero-order chi connectivity index (χ0) is 13.7. The largest absolute Gasteiger partial charge is 0.465 e. The molecule has 3 N–H and O–H groups in total. The van der Waals surface area contributed by atoms with Crippen LogP contribution in [0, 0.1) is 6.92 Å². The standard InChI is InChI=1S/C14H22N2O2/c1-5-6-10(3)16-11-7-9(2)13(15)12(8-11)14(17)18-4/h7-8,10,16H,5-6,15H2,1-4H3. The molecule has 0 bridgehead atoms. The van der Waals surface area contributed by atoms with Gasteiger partial charge >= 0.3 is 5.97 Å². The van der Waals surface area contributed by atoms with E-state index in [4.69, 9.17) is 10.5 Å². The van der Waals surface area contributed by atoms with E-state index in [9.17, 15) is 4.79 Å². The van der Waals surface area contributed by atoms with Crippen molar-refractivity contribution in [2.75, 3.05) is 18.2 Å². The van der Waals surface area contributed by atoms with Crippen LogP contribution in [0.2, 0.25) is 0 Å². The van der Waals surface area contributed by atoms with Gasteiger partial charge in [-0.2, -0.15) is 0 Å². The number of hydrogen-bond donors (Lipinski definition) is 2. The van der Waals surface area contributed by atoms with Gasteiger partial charge in [0, 0.05) is 17.4 Å². The SMILES string of the molecule is CCCC(C)Nc1cc(C)c(N)c(C(=O)OC)c1. The molecule has 4 heteroatoms. The van der Waals surface area contributed by atoms with Crippen LogP contribution >= 0.6 is 0 Å². The van der Waals surface area contributed by atoms with Crippen molar-refractivity contribution in [3.63, 3.8) is 0 Å². The van der Waals surface area contributed by atoms with Crippen LogP contribution in [0.3, 0.4) is 0 Å². The number of carbonyl (C=O) groups is 1. The van der Waals surface area contributed by atoms with Crippen LogP contribution in [-0.4, -0.2) is 19.1 Å². The number of nitrogens with two attached hydrogens (primary N) is 1. The summed E-state index contributed by atoms with van der Waals surface area (Å²) in [5, 5.41) is 3.37. The van der Waals surface area contributed by atoms with Gasteiger partial charge in [0.25, 0.3) is 0 Å². The highest BCUT2D eigenvalue weighted by Crippen LogP contribution is 2.24. The van der Waals surface area contributed by atoms with Gasteiger partial charge in [-0.25, -0.2) is 4.79 Å². The lowest BCUT2D eigenvalue weighted by Gasteiger charge is -2.17. The molecule has 1 atom stereocenters. The van der Waals surface area contributed by atoms with E-state index in [2.05, 4.69) is 19.2 Å². The molecule has 1 rings (SSSR count). The lowest BCUT2D eigenvalue weighted by atomic mass is 10.1. The minimum atomic E-state index is -0.401. The van der Waals surface area contributed by atoms with Gasteiger partial charge in [-0.05, 0) is 38.0 Å².